The van der Waals surface area contributed by atoms with Crippen LogP contribution in [0.25, 0.3) is 0 Å². The second-order valence-corrected chi connectivity index (χ2v) is 5.10. The van der Waals surface area contributed by atoms with Crippen LogP contribution in [0.3, 0.4) is 0 Å². The molecule has 0 N–H and O–H groups in total. The molecule has 5 heteroatoms. The third-order valence-corrected chi connectivity index (χ3v) is 3.55. The number of likely N-dealkylation sites (N-methyl/N-ethyl adjacent to an activating group) is 1. The smallest absolute Gasteiger partial charge is 0.263 e. The van der Waals surface area contributed by atoms with Crippen molar-refractivity contribution in [3.8, 4) is 5.75 Å². The summed E-state index contributed by atoms with van der Waals surface area (Å²) in [6.45, 7) is 5.16. The fraction of sp³-hybridized carbons (Fsp3) is 0.533. The number of rotatable bonds is 4. The van der Waals surface area contributed by atoms with Gasteiger partial charge in [0.2, 0.25) is 0 Å². The summed E-state index contributed by atoms with van der Waals surface area (Å²) >= 11 is 0. The maximum Gasteiger partial charge on any atom is 0.263 e. The van der Waals surface area contributed by atoms with E-state index in [-0.39, 0.29) is 11.7 Å². The lowest BCUT2D eigenvalue weighted by Gasteiger charge is -2.34. The van der Waals surface area contributed by atoms with Gasteiger partial charge in [-0.25, -0.2) is 4.39 Å². The first-order chi connectivity index (χ1) is 9.60. The minimum absolute atomic E-state index is 0.0184. The molecule has 0 aromatic heterocycles. The van der Waals surface area contributed by atoms with E-state index in [9.17, 15) is 9.18 Å². The van der Waals surface area contributed by atoms with Crippen molar-refractivity contribution in [2.24, 2.45) is 0 Å². The van der Waals surface area contributed by atoms with E-state index in [0.29, 0.717) is 12.2 Å². The summed E-state index contributed by atoms with van der Waals surface area (Å²) in [6.07, 6.45) is 0.103. The number of halogens is 1. The zero-order valence-electron chi connectivity index (χ0n) is 12.0. The van der Waals surface area contributed by atoms with E-state index in [1.165, 1.54) is 12.1 Å². The van der Waals surface area contributed by atoms with Gasteiger partial charge in [-0.3, -0.25) is 4.79 Å². The predicted molar refractivity (Wildman–Crippen MR) is 75.2 cm³/mol. The van der Waals surface area contributed by atoms with Gasteiger partial charge in [0, 0.05) is 26.2 Å². The number of hydrogen-bond acceptors (Lipinski definition) is 3. The molecule has 0 radical (unpaired) electrons. The van der Waals surface area contributed by atoms with Crippen LogP contribution in [-0.4, -0.2) is 55.0 Å². The van der Waals surface area contributed by atoms with Gasteiger partial charge < -0.3 is 14.5 Å². The first-order valence-electron chi connectivity index (χ1n) is 6.99. The maximum atomic E-state index is 12.9. The number of carbonyl (C=O) groups is 1. The Hall–Kier alpha value is -1.62. The van der Waals surface area contributed by atoms with Crippen LogP contribution in [0.5, 0.6) is 5.75 Å². The lowest BCUT2D eigenvalue weighted by Crippen LogP contribution is -2.51. The topological polar surface area (TPSA) is 32.8 Å². The van der Waals surface area contributed by atoms with Crippen molar-refractivity contribution in [3.63, 3.8) is 0 Å². The lowest BCUT2D eigenvalue weighted by molar-refractivity contribution is -0.140. The number of ether oxygens (including phenoxy) is 1. The molecular weight excluding hydrogens is 259 g/mol. The molecule has 20 heavy (non-hydrogen) atoms. The molecule has 2 rings (SSSR count). The van der Waals surface area contributed by atoms with Gasteiger partial charge in [-0.05, 0) is 37.7 Å². The average Bonchev–Trinajstić information content (AvgIpc) is 2.47. The summed E-state index contributed by atoms with van der Waals surface area (Å²) < 4.78 is 18.5. The molecule has 1 aliphatic heterocycles. The number of amides is 1. The highest BCUT2D eigenvalue weighted by Gasteiger charge is 2.26. The van der Waals surface area contributed by atoms with Crippen LogP contribution < -0.4 is 4.74 Å². The Morgan fingerprint density at radius 2 is 1.85 bits per heavy atom. The summed E-state index contributed by atoms with van der Waals surface area (Å²) in [6, 6.07) is 5.77. The average molecular weight is 280 g/mol. The molecule has 1 aromatic carbocycles. The van der Waals surface area contributed by atoms with Gasteiger partial charge in [-0.15, -0.1) is 0 Å². The SMILES string of the molecule is CC[C@@H](Oc1ccc(F)cc1)C(=O)N1CCN(C)CC1. The molecule has 0 unspecified atom stereocenters. The van der Waals surface area contributed by atoms with Crippen molar-refractivity contribution in [2.45, 2.75) is 19.4 Å². The second-order valence-electron chi connectivity index (χ2n) is 5.10. The standard InChI is InChI=1S/C15H21FN2O2/c1-3-14(20-13-6-4-12(16)5-7-13)15(19)18-10-8-17(2)9-11-18/h4-7,14H,3,8-11H2,1-2H3/t14-/m1/s1. The van der Waals surface area contributed by atoms with Crippen molar-refractivity contribution >= 4 is 5.91 Å². The molecule has 0 saturated carbocycles. The Kier molecular flexibility index (Phi) is 4.95. The number of piperazine rings is 1. The Morgan fingerprint density at radius 3 is 2.40 bits per heavy atom. The first kappa shape index (κ1) is 14.8. The third-order valence-electron chi connectivity index (χ3n) is 3.55. The molecule has 1 aromatic rings. The van der Waals surface area contributed by atoms with E-state index in [2.05, 4.69) is 4.90 Å². The monoisotopic (exact) mass is 280 g/mol. The van der Waals surface area contributed by atoms with E-state index in [1.54, 1.807) is 12.1 Å². The molecule has 0 aliphatic carbocycles. The predicted octanol–water partition coefficient (Wildman–Crippen LogP) is 1.76. The van der Waals surface area contributed by atoms with Crippen molar-refractivity contribution < 1.29 is 13.9 Å². The van der Waals surface area contributed by atoms with Crippen LogP contribution in [0.1, 0.15) is 13.3 Å². The molecule has 1 aliphatic rings. The van der Waals surface area contributed by atoms with Crippen LogP contribution >= 0.6 is 0 Å². The van der Waals surface area contributed by atoms with Crippen LogP contribution in [-0.2, 0) is 4.79 Å². The molecule has 1 fully saturated rings. The highest BCUT2D eigenvalue weighted by Crippen LogP contribution is 2.16. The molecule has 110 valence electrons. The van der Waals surface area contributed by atoms with Crippen molar-refractivity contribution in [1.82, 2.24) is 9.80 Å². The third kappa shape index (κ3) is 3.70. The van der Waals surface area contributed by atoms with Crippen LogP contribution in [0.2, 0.25) is 0 Å². The summed E-state index contributed by atoms with van der Waals surface area (Å²) in [5, 5.41) is 0. The fourth-order valence-corrected chi connectivity index (χ4v) is 2.22. The van der Waals surface area contributed by atoms with E-state index in [4.69, 9.17) is 4.74 Å². The molecule has 4 nitrogen and oxygen atoms in total. The van der Waals surface area contributed by atoms with Gasteiger partial charge in [0.25, 0.3) is 5.91 Å². The van der Waals surface area contributed by atoms with Gasteiger partial charge in [0.15, 0.2) is 6.10 Å². The molecule has 1 saturated heterocycles. The molecule has 1 amide bonds. The quantitative estimate of drug-likeness (QED) is 0.842. The Bertz CT molecular complexity index is 442. The molecular formula is C15H21FN2O2. The second kappa shape index (κ2) is 6.70. The van der Waals surface area contributed by atoms with Gasteiger partial charge in [0.05, 0.1) is 0 Å². The van der Waals surface area contributed by atoms with E-state index in [0.717, 1.165) is 26.2 Å². The van der Waals surface area contributed by atoms with Crippen LogP contribution in [0.15, 0.2) is 24.3 Å². The number of benzene rings is 1. The van der Waals surface area contributed by atoms with Gasteiger partial charge in [-0.2, -0.15) is 0 Å². The Balaban J connectivity index is 1.97. The Labute approximate surface area is 119 Å². The minimum Gasteiger partial charge on any atom is -0.481 e. The highest BCUT2D eigenvalue weighted by molar-refractivity contribution is 5.81. The molecule has 0 spiro atoms. The number of hydrogen-bond donors (Lipinski definition) is 0. The summed E-state index contributed by atoms with van der Waals surface area (Å²) in [5.41, 5.74) is 0. The molecule has 1 atom stereocenters. The van der Waals surface area contributed by atoms with Crippen molar-refractivity contribution in [2.75, 3.05) is 33.2 Å². The van der Waals surface area contributed by atoms with Gasteiger partial charge >= 0.3 is 0 Å². The van der Waals surface area contributed by atoms with Crippen molar-refractivity contribution in [3.05, 3.63) is 30.1 Å². The van der Waals surface area contributed by atoms with Gasteiger partial charge in [-0.1, -0.05) is 6.92 Å². The largest absolute Gasteiger partial charge is 0.481 e. The summed E-state index contributed by atoms with van der Waals surface area (Å²) in [5.74, 6) is 0.237. The summed E-state index contributed by atoms with van der Waals surface area (Å²) in [4.78, 5) is 16.5. The van der Waals surface area contributed by atoms with Crippen molar-refractivity contribution in [1.29, 1.82) is 0 Å². The fourth-order valence-electron chi connectivity index (χ4n) is 2.22. The highest BCUT2D eigenvalue weighted by atomic mass is 19.1. The van der Waals surface area contributed by atoms with E-state index < -0.39 is 6.10 Å². The van der Waals surface area contributed by atoms with Crippen LogP contribution in [0.4, 0.5) is 4.39 Å². The van der Waals surface area contributed by atoms with Gasteiger partial charge in [0.1, 0.15) is 11.6 Å². The number of nitrogens with zero attached hydrogens (tertiary/aromatic N) is 2. The van der Waals surface area contributed by atoms with E-state index >= 15 is 0 Å². The minimum atomic E-state index is -0.496. The zero-order chi connectivity index (χ0) is 14.5. The summed E-state index contributed by atoms with van der Waals surface area (Å²) in [7, 11) is 2.05. The molecule has 1 heterocycles. The number of carbonyl (C=O) groups excluding carboxylic acids is 1. The lowest BCUT2D eigenvalue weighted by atomic mass is 10.2. The molecule has 0 bridgehead atoms. The van der Waals surface area contributed by atoms with Crippen LogP contribution in [0, 0.1) is 5.82 Å². The zero-order valence-corrected chi connectivity index (χ0v) is 12.0. The first-order valence-corrected chi connectivity index (χ1v) is 6.99. The maximum absolute atomic E-state index is 12.9. The normalized spacial score (nSPS) is 17.9. The van der Waals surface area contributed by atoms with E-state index in [1.807, 2.05) is 18.9 Å². The Morgan fingerprint density at radius 1 is 1.25 bits per heavy atom.